The van der Waals surface area contributed by atoms with Crippen molar-refractivity contribution in [1.82, 2.24) is 0 Å². The zero-order valence-corrected chi connectivity index (χ0v) is 9.45. The van der Waals surface area contributed by atoms with Crippen LogP contribution in [0.5, 0.6) is 0 Å². The van der Waals surface area contributed by atoms with Crippen LogP contribution in [0.3, 0.4) is 0 Å². The summed E-state index contributed by atoms with van der Waals surface area (Å²) in [5.74, 6) is 6.80. The van der Waals surface area contributed by atoms with Crippen LogP contribution in [0.1, 0.15) is 25.7 Å². The van der Waals surface area contributed by atoms with Crippen LogP contribution in [0, 0.1) is 46.3 Å². The molecule has 8 atom stereocenters. The lowest BCUT2D eigenvalue weighted by molar-refractivity contribution is -0.126. The fourth-order valence-corrected chi connectivity index (χ4v) is 8.68. The van der Waals surface area contributed by atoms with Gasteiger partial charge in [0.1, 0.15) is 0 Å². The first-order valence-electron chi connectivity index (χ1n) is 7.31. The molecule has 0 nitrogen and oxygen atoms in total. The maximum atomic E-state index is 2.68. The highest BCUT2D eigenvalue weighted by Gasteiger charge is 2.92. The molecule has 0 N–H and O–H groups in total. The second kappa shape index (κ2) is 1.53. The Hall–Kier alpha value is -0.520. The first-order valence-corrected chi connectivity index (χ1v) is 7.31. The van der Waals surface area contributed by atoms with Gasteiger partial charge in [-0.3, -0.25) is 0 Å². The minimum Gasteiger partial charge on any atom is -0.0738 e. The lowest BCUT2D eigenvalue weighted by Crippen LogP contribution is -2.63. The van der Waals surface area contributed by atoms with Crippen molar-refractivity contribution in [2.24, 2.45) is 46.3 Å². The third-order valence-electron chi connectivity index (χ3n) is 8.46. The summed E-state index contributed by atoms with van der Waals surface area (Å²) in [6.07, 6.45) is 11.7. The average molecular weight is 208 g/mol. The summed E-state index contributed by atoms with van der Waals surface area (Å²) < 4.78 is 0. The van der Waals surface area contributed by atoms with Crippen molar-refractivity contribution in [1.29, 1.82) is 0 Å². The van der Waals surface area contributed by atoms with Crippen molar-refractivity contribution in [3.8, 4) is 0 Å². The number of fused-ring (bicyclic) bond motifs is 2. The minimum atomic E-state index is 0.805. The van der Waals surface area contributed by atoms with E-state index in [0.717, 1.165) is 28.6 Å². The number of allylic oxidation sites excluding steroid dienone is 4. The largest absolute Gasteiger partial charge is 0.0738 e. The highest BCUT2D eigenvalue weighted by Crippen LogP contribution is 2.98. The van der Waals surface area contributed by atoms with Gasteiger partial charge in [0.2, 0.25) is 0 Å². The van der Waals surface area contributed by atoms with Crippen LogP contribution < -0.4 is 0 Å². The zero-order chi connectivity index (χ0) is 9.86. The molecule has 2 spiro atoms. The molecule has 6 saturated carbocycles. The summed E-state index contributed by atoms with van der Waals surface area (Å²) in [5, 5.41) is 0. The van der Waals surface area contributed by atoms with Crippen molar-refractivity contribution in [2.75, 3.05) is 0 Å². The average Bonchev–Trinajstić information content (AvgIpc) is 2.93. The lowest BCUT2D eigenvalue weighted by atomic mass is 9.35. The van der Waals surface area contributed by atoms with Gasteiger partial charge >= 0.3 is 0 Å². The van der Waals surface area contributed by atoms with Crippen molar-refractivity contribution in [3.63, 3.8) is 0 Å². The molecule has 0 amide bonds. The molecular formula is C16H16. The molecule has 0 saturated heterocycles. The number of rotatable bonds is 0. The Kier molecular flexibility index (Phi) is 0.672. The molecule has 6 fully saturated rings. The first kappa shape index (κ1) is 7.03. The van der Waals surface area contributed by atoms with Gasteiger partial charge in [-0.1, -0.05) is 23.3 Å². The van der Waals surface area contributed by atoms with Gasteiger partial charge in [0.15, 0.2) is 0 Å². The molecule has 80 valence electrons. The van der Waals surface area contributed by atoms with Crippen molar-refractivity contribution < 1.29 is 0 Å². The second-order valence-corrected chi connectivity index (χ2v) is 7.81. The normalized spacial score (nSPS) is 77.0. The van der Waals surface area contributed by atoms with E-state index in [1.165, 1.54) is 24.2 Å². The Morgan fingerprint density at radius 2 is 2.19 bits per heavy atom. The van der Waals surface area contributed by atoms with E-state index in [1.807, 2.05) is 5.57 Å². The molecule has 16 heavy (non-hydrogen) atoms. The summed E-state index contributed by atoms with van der Waals surface area (Å²) in [5.41, 5.74) is 5.38. The minimum absolute atomic E-state index is 0.805. The van der Waals surface area contributed by atoms with Gasteiger partial charge in [0, 0.05) is 11.3 Å². The van der Waals surface area contributed by atoms with E-state index in [4.69, 9.17) is 0 Å². The van der Waals surface area contributed by atoms with Crippen LogP contribution in [0.25, 0.3) is 0 Å². The summed E-state index contributed by atoms with van der Waals surface area (Å²) in [6, 6.07) is 0. The smallest absolute Gasteiger partial charge is 0.00313 e. The van der Waals surface area contributed by atoms with Crippen LogP contribution in [0.15, 0.2) is 23.3 Å². The quantitative estimate of drug-likeness (QED) is 0.573. The van der Waals surface area contributed by atoms with Gasteiger partial charge in [0.05, 0.1) is 0 Å². The van der Waals surface area contributed by atoms with Crippen molar-refractivity contribution in [2.45, 2.75) is 25.7 Å². The van der Waals surface area contributed by atoms with Gasteiger partial charge in [-0.2, -0.15) is 0 Å². The summed E-state index contributed by atoms with van der Waals surface area (Å²) in [6.45, 7) is 0. The molecule has 8 aliphatic carbocycles. The number of hydrogen-bond donors (Lipinski definition) is 0. The van der Waals surface area contributed by atoms with Crippen LogP contribution in [-0.2, 0) is 0 Å². The van der Waals surface area contributed by atoms with Gasteiger partial charge in [-0.25, -0.2) is 0 Å². The van der Waals surface area contributed by atoms with Crippen LogP contribution in [0.2, 0.25) is 0 Å². The van der Waals surface area contributed by atoms with Crippen LogP contribution in [0.4, 0.5) is 0 Å². The van der Waals surface area contributed by atoms with E-state index < -0.39 is 0 Å². The number of hydrogen-bond acceptors (Lipinski definition) is 0. The standard InChI is InChI=1S/C16H16/c1-2-15-11-4-7-3-9-12(5-7)16(15)6-10(14(9)16)13(15)8(1)11/h3,5,8-11,13-14H,1-2,4,6H2. The predicted octanol–water partition coefficient (Wildman–Crippen LogP) is 3.16. The Morgan fingerprint density at radius 3 is 3.19 bits per heavy atom. The van der Waals surface area contributed by atoms with E-state index in [0.29, 0.717) is 0 Å². The predicted molar refractivity (Wildman–Crippen MR) is 60.4 cm³/mol. The van der Waals surface area contributed by atoms with E-state index >= 15 is 0 Å². The molecule has 6 bridgehead atoms. The second-order valence-electron chi connectivity index (χ2n) is 7.81. The Morgan fingerprint density at radius 1 is 1.19 bits per heavy atom. The molecule has 0 aromatic carbocycles. The molecule has 0 aromatic heterocycles. The Bertz CT molecular complexity index is 552. The van der Waals surface area contributed by atoms with Crippen molar-refractivity contribution >= 4 is 0 Å². The van der Waals surface area contributed by atoms with E-state index in [1.54, 1.807) is 24.8 Å². The van der Waals surface area contributed by atoms with Gasteiger partial charge in [-0.05, 0) is 60.7 Å². The van der Waals surface area contributed by atoms with Crippen LogP contribution in [-0.4, -0.2) is 0 Å². The maximum Gasteiger partial charge on any atom is 0.00313 e. The monoisotopic (exact) mass is 208 g/mol. The molecule has 8 unspecified atom stereocenters. The molecule has 8 rings (SSSR count). The molecule has 0 heteroatoms. The highest BCUT2D eigenvalue weighted by molar-refractivity contribution is 5.60. The summed E-state index contributed by atoms with van der Waals surface area (Å²) in [4.78, 5) is 0. The van der Waals surface area contributed by atoms with Crippen LogP contribution >= 0.6 is 0 Å². The summed E-state index contributed by atoms with van der Waals surface area (Å²) in [7, 11) is 0. The molecule has 8 aliphatic rings. The zero-order valence-electron chi connectivity index (χ0n) is 9.45. The first-order chi connectivity index (χ1) is 7.88. The molecule has 0 radical (unpaired) electrons. The topological polar surface area (TPSA) is 0 Å². The molecule has 0 aromatic rings. The van der Waals surface area contributed by atoms with E-state index in [2.05, 4.69) is 12.2 Å². The molecule has 0 heterocycles. The third-order valence-corrected chi connectivity index (χ3v) is 8.46. The molecular weight excluding hydrogens is 192 g/mol. The maximum absolute atomic E-state index is 2.68. The van der Waals surface area contributed by atoms with Crippen molar-refractivity contribution in [3.05, 3.63) is 23.3 Å². The van der Waals surface area contributed by atoms with E-state index in [9.17, 15) is 0 Å². The fourth-order valence-electron chi connectivity index (χ4n) is 8.68. The lowest BCUT2D eigenvalue weighted by Gasteiger charge is -2.68. The van der Waals surface area contributed by atoms with Gasteiger partial charge < -0.3 is 0 Å². The van der Waals surface area contributed by atoms with E-state index in [-0.39, 0.29) is 0 Å². The van der Waals surface area contributed by atoms with Gasteiger partial charge in [0.25, 0.3) is 0 Å². The van der Waals surface area contributed by atoms with Gasteiger partial charge in [-0.15, -0.1) is 0 Å². The Balaban J connectivity index is 1.68. The third kappa shape index (κ3) is 0.332. The SMILES string of the molecule is C1=C2C=C3C1C1C4CC31C13CCC(C1C2)C43. The Labute approximate surface area is 95.8 Å². The summed E-state index contributed by atoms with van der Waals surface area (Å²) >= 11 is 0. The highest BCUT2D eigenvalue weighted by atomic mass is 15.0. The molecule has 0 aliphatic heterocycles. The fraction of sp³-hybridized carbons (Fsp3) is 0.750.